The summed E-state index contributed by atoms with van der Waals surface area (Å²) >= 11 is 0. The summed E-state index contributed by atoms with van der Waals surface area (Å²) in [6.45, 7) is 13.1. The molecule has 0 spiro atoms. The van der Waals surface area contributed by atoms with E-state index in [9.17, 15) is 0 Å². The summed E-state index contributed by atoms with van der Waals surface area (Å²) in [6, 6.07) is 0.666. The number of hydrogen-bond acceptors (Lipinski definition) is 1. The quantitative estimate of drug-likeness (QED) is 0.496. The molecule has 0 rings (SSSR count). The van der Waals surface area contributed by atoms with Crippen molar-refractivity contribution >= 4 is 0 Å². The van der Waals surface area contributed by atoms with E-state index in [0.29, 0.717) is 11.5 Å². The zero-order valence-corrected chi connectivity index (χ0v) is 11.3. The molecular formula is C14H29N. The molecule has 0 amide bonds. The van der Waals surface area contributed by atoms with Gasteiger partial charge >= 0.3 is 0 Å². The van der Waals surface area contributed by atoms with Gasteiger partial charge in [0.25, 0.3) is 0 Å². The highest BCUT2D eigenvalue weighted by Gasteiger charge is 2.22. The lowest BCUT2D eigenvalue weighted by molar-refractivity contribution is 0.221. The number of hydrogen-bond donors (Lipinski definition) is 1. The van der Waals surface area contributed by atoms with Gasteiger partial charge in [0.1, 0.15) is 0 Å². The lowest BCUT2D eigenvalue weighted by Crippen LogP contribution is -2.31. The lowest BCUT2D eigenvalue weighted by atomic mass is 9.78. The third-order valence-corrected chi connectivity index (χ3v) is 3.49. The molecule has 2 atom stereocenters. The molecule has 0 aromatic heterocycles. The van der Waals surface area contributed by atoms with Crippen LogP contribution in [0.4, 0.5) is 0 Å². The van der Waals surface area contributed by atoms with Crippen LogP contribution < -0.4 is 5.32 Å². The number of unbranched alkanes of at least 4 members (excludes halogenated alkanes) is 1. The monoisotopic (exact) mass is 211 g/mol. The molecule has 0 saturated heterocycles. The highest BCUT2D eigenvalue weighted by molar-refractivity contribution is 4.77. The maximum Gasteiger partial charge on any atom is 0.00669 e. The Balaban J connectivity index is 3.92. The van der Waals surface area contributed by atoms with E-state index < -0.39 is 0 Å². The van der Waals surface area contributed by atoms with Crippen LogP contribution in [-0.2, 0) is 0 Å². The van der Waals surface area contributed by atoms with Crippen LogP contribution in [0.5, 0.6) is 0 Å². The van der Waals surface area contributed by atoms with Gasteiger partial charge in [-0.15, -0.1) is 6.58 Å². The summed E-state index contributed by atoms with van der Waals surface area (Å²) in [4.78, 5) is 0. The summed E-state index contributed by atoms with van der Waals surface area (Å²) in [5.74, 6) is 0.763. The molecule has 1 nitrogen and oxygen atoms in total. The Labute approximate surface area is 96.3 Å². The van der Waals surface area contributed by atoms with E-state index in [1.54, 1.807) is 0 Å². The first-order chi connectivity index (χ1) is 6.91. The van der Waals surface area contributed by atoms with Crippen molar-refractivity contribution in [1.29, 1.82) is 0 Å². The maximum atomic E-state index is 3.76. The molecule has 90 valence electrons. The molecule has 0 saturated carbocycles. The molecular weight excluding hydrogens is 182 g/mol. The van der Waals surface area contributed by atoms with Crippen molar-refractivity contribution in [3.05, 3.63) is 12.7 Å². The zero-order valence-electron chi connectivity index (χ0n) is 11.3. The third-order valence-electron chi connectivity index (χ3n) is 3.49. The normalized spacial score (nSPS) is 16.1. The molecule has 0 aliphatic rings. The van der Waals surface area contributed by atoms with E-state index in [4.69, 9.17) is 0 Å². The first-order valence-corrected chi connectivity index (χ1v) is 6.20. The Hall–Kier alpha value is -0.300. The topological polar surface area (TPSA) is 12.0 Å². The molecule has 0 aromatic carbocycles. The van der Waals surface area contributed by atoms with Gasteiger partial charge in [-0.05, 0) is 44.1 Å². The molecule has 0 fully saturated rings. The average molecular weight is 211 g/mol. The molecule has 0 aromatic rings. The molecule has 0 aliphatic heterocycles. The number of allylic oxidation sites excluding steroid dienone is 1. The minimum atomic E-state index is 0.424. The summed E-state index contributed by atoms with van der Waals surface area (Å²) in [5, 5.41) is 3.43. The Morgan fingerprint density at radius 3 is 2.33 bits per heavy atom. The molecule has 0 radical (unpaired) electrons. The second kappa shape index (κ2) is 7.05. The van der Waals surface area contributed by atoms with Gasteiger partial charge in [-0.1, -0.05) is 33.8 Å². The van der Waals surface area contributed by atoms with Crippen molar-refractivity contribution in [2.75, 3.05) is 7.05 Å². The van der Waals surface area contributed by atoms with Crippen LogP contribution in [0.3, 0.4) is 0 Å². The van der Waals surface area contributed by atoms with Gasteiger partial charge in [-0.3, -0.25) is 0 Å². The van der Waals surface area contributed by atoms with Crippen molar-refractivity contribution in [2.24, 2.45) is 11.3 Å². The SMILES string of the molecule is C=CCCCC(CC(C)C(C)(C)C)NC. The lowest BCUT2D eigenvalue weighted by Gasteiger charge is -2.30. The van der Waals surface area contributed by atoms with E-state index in [2.05, 4.69) is 46.6 Å². The van der Waals surface area contributed by atoms with Crippen LogP contribution in [0.2, 0.25) is 0 Å². The van der Waals surface area contributed by atoms with Gasteiger partial charge in [0.05, 0.1) is 0 Å². The fourth-order valence-corrected chi connectivity index (χ4v) is 1.67. The molecule has 1 heteroatoms. The Morgan fingerprint density at radius 2 is 1.93 bits per heavy atom. The third kappa shape index (κ3) is 6.72. The molecule has 1 N–H and O–H groups in total. The highest BCUT2D eigenvalue weighted by atomic mass is 14.9. The first kappa shape index (κ1) is 14.7. The zero-order chi connectivity index (χ0) is 11.9. The predicted octanol–water partition coefficient (Wildman–Crippen LogP) is 4.00. The van der Waals surface area contributed by atoms with Gasteiger partial charge in [0.2, 0.25) is 0 Å². The number of rotatable bonds is 7. The average Bonchev–Trinajstić information content (AvgIpc) is 2.14. The molecule has 15 heavy (non-hydrogen) atoms. The van der Waals surface area contributed by atoms with E-state index >= 15 is 0 Å². The van der Waals surface area contributed by atoms with E-state index in [0.717, 1.165) is 12.3 Å². The van der Waals surface area contributed by atoms with Crippen LogP contribution >= 0.6 is 0 Å². The van der Waals surface area contributed by atoms with Crippen LogP contribution in [0.1, 0.15) is 53.4 Å². The second-order valence-electron chi connectivity index (χ2n) is 5.71. The second-order valence-corrected chi connectivity index (χ2v) is 5.71. The summed E-state index contributed by atoms with van der Waals surface area (Å²) in [6.07, 6.45) is 6.95. The van der Waals surface area contributed by atoms with Gasteiger partial charge in [0.15, 0.2) is 0 Å². The minimum Gasteiger partial charge on any atom is -0.317 e. The van der Waals surface area contributed by atoms with E-state index in [1.165, 1.54) is 19.3 Å². The minimum absolute atomic E-state index is 0.424. The summed E-state index contributed by atoms with van der Waals surface area (Å²) < 4.78 is 0. The molecule has 2 unspecified atom stereocenters. The van der Waals surface area contributed by atoms with Crippen LogP contribution in [0, 0.1) is 11.3 Å². The van der Waals surface area contributed by atoms with Gasteiger partial charge in [0, 0.05) is 6.04 Å². The van der Waals surface area contributed by atoms with Crippen LogP contribution in [0.25, 0.3) is 0 Å². The fraction of sp³-hybridized carbons (Fsp3) is 0.857. The largest absolute Gasteiger partial charge is 0.317 e. The van der Waals surface area contributed by atoms with Crippen molar-refractivity contribution in [1.82, 2.24) is 5.32 Å². The van der Waals surface area contributed by atoms with Gasteiger partial charge in [-0.25, -0.2) is 0 Å². The van der Waals surface area contributed by atoms with E-state index in [-0.39, 0.29) is 0 Å². The maximum absolute atomic E-state index is 3.76. The Morgan fingerprint density at radius 1 is 1.33 bits per heavy atom. The standard InChI is InChI=1S/C14H29N/c1-7-8-9-10-13(15-6)11-12(2)14(3,4)5/h7,12-13,15H,1,8-11H2,2-6H3. The summed E-state index contributed by atoms with van der Waals surface area (Å²) in [7, 11) is 2.08. The first-order valence-electron chi connectivity index (χ1n) is 6.20. The van der Waals surface area contributed by atoms with Crippen molar-refractivity contribution in [2.45, 2.75) is 59.4 Å². The molecule has 0 heterocycles. The molecule has 0 bridgehead atoms. The van der Waals surface area contributed by atoms with Gasteiger partial charge in [-0.2, -0.15) is 0 Å². The molecule has 0 aliphatic carbocycles. The fourth-order valence-electron chi connectivity index (χ4n) is 1.67. The van der Waals surface area contributed by atoms with Crippen LogP contribution in [-0.4, -0.2) is 13.1 Å². The smallest absolute Gasteiger partial charge is 0.00669 e. The van der Waals surface area contributed by atoms with Crippen molar-refractivity contribution in [3.63, 3.8) is 0 Å². The van der Waals surface area contributed by atoms with Crippen molar-refractivity contribution in [3.8, 4) is 0 Å². The number of nitrogens with one attached hydrogen (secondary N) is 1. The Kier molecular flexibility index (Phi) is 6.91. The van der Waals surface area contributed by atoms with Gasteiger partial charge < -0.3 is 5.32 Å². The van der Waals surface area contributed by atoms with E-state index in [1.807, 2.05) is 6.08 Å². The van der Waals surface area contributed by atoms with Crippen molar-refractivity contribution < 1.29 is 0 Å². The predicted molar refractivity (Wildman–Crippen MR) is 70.1 cm³/mol. The Bertz CT molecular complexity index is 167. The highest BCUT2D eigenvalue weighted by Crippen LogP contribution is 2.29. The van der Waals surface area contributed by atoms with Crippen LogP contribution in [0.15, 0.2) is 12.7 Å². The summed E-state index contributed by atoms with van der Waals surface area (Å²) in [5.41, 5.74) is 0.424.